The molecule has 0 heterocycles. The molecule has 0 N–H and O–H groups in total. The zero-order valence-electron chi connectivity index (χ0n) is 6.32. The van der Waals surface area contributed by atoms with Crippen LogP contribution in [0.3, 0.4) is 0 Å². The molecule has 0 aliphatic rings. The van der Waals surface area contributed by atoms with Gasteiger partial charge < -0.3 is 7.65 Å². The maximum atomic E-state index is 9.81. The first-order valence-corrected chi connectivity index (χ1v) is 1.76. The van der Waals surface area contributed by atoms with Crippen molar-refractivity contribution in [3.63, 3.8) is 0 Å². The summed E-state index contributed by atoms with van der Waals surface area (Å²) in [6.07, 6.45) is 0.667. The second-order valence-corrected chi connectivity index (χ2v) is 1.06. The van der Waals surface area contributed by atoms with Crippen molar-refractivity contribution in [2.24, 2.45) is 0 Å². The Balaban J connectivity index is -0.0000000267. The Morgan fingerprint density at radius 3 is 2.00 bits per heavy atom. The fraction of sp³-hybridized carbons (Fsp3) is 0.750. The predicted octanol–water partition coefficient (Wildman–Crippen LogP) is 0.830. The van der Waals surface area contributed by atoms with E-state index in [-0.39, 0.29) is 46.4 Å². The first kappa shape index (κ1) is 10.0. The van der Waals surface area contributed by atoms with Crippen LogP contribution in [-0.2, 0) is 4.79 Å². The van der Waals surface area contributed by atoms with Crippen molar-refractivity contribution in [2.75, 3.05) is 0 Å². The van der Waals surface area contributed by atoms with Crippen molar-refractivity contribution in [2.45, 2.75) is 20.3 Å². The van der Waals surface area contributed by atoms with Crippen LogP contribution in [0.25, 0.3) is 0 Å². The largest absolute Gasteiger partial charge is 2.00 e. The van der Waals surface area contributed by atoms with Gasteiger partial charge in [0.2, 0.25) is 0 Å². The van der Waals surface area contributed by atoms with E-state index < -0.39 is 0 Å². The van der Waals surface area contributed by atoms with E-state index in [1.807, 2.05) is 6.92 Å². The van der Waals surface area contributed by atoms with Crippen molar-refractivity contribution >= 4 is 43.5 Å². The monoisotopic (exact) mass is 114 g/mol. The van der Waals surface area contributed by atoms with Crippen LogP contribution in [0.2, 0.25) is 0 Å². The molecule has 0 aliphatic heterocycles. The van der Waals surface area contributed by atoms with Gasteiger partial charge in [0.15, 0.2) is 0 Å². The molecule has 1 nitrogen and oxygen atoms in total. The smallest absolute Gasteiger partial charge is 1.00 e. The number of ketones is 1. The molecule has 0 aromatic rings. The van der Waals surface area contributed by atoms with Gasteiger partial charge in [0.05, 0.1) is 0 Å². The Kier molecular flexibility index (Phi) is 9.91. The first-order valence-electron chi connectivity index (χ1n) is 1.76. The summed E-state index contributed by atoms with van der Waals surface area (Å²) in [5.74, 6) is 0.255. The summed E-state index contributed by atoms with van der Waals surface area (Å²) >= 11 is 0. The first-order chi connectivity index (χ1) is 2.27. The molecule has 0 aromatic heterocycles. The molecule has 6 heavy (non-hydrogen) atoms. The van der Waals surface area contributed by atoms with Gasteiger partial charge >= 0.3 is 37.7 Å². The third-order valence-electron chi connectivity index (χ3n) is 0.498. The Morgan fingerprint density at radius 1 is 1.83 bits per heavy atom. The molecule has 0 saturated heterocycles. The average molecular weight is 114 g/mol. The van der Waals surface area contributed by atoms with E-state index in [4.69, 9.17) is 0 Å². The van der Waals surface area contributed by atoms with E-state index in [2.05, 4.69) is 0 Å². The molecule has 0 amide bonds. The fourth-order valence-electron chi connectivity index (χ4n) is 0. The van der Waals surface area contributed by atoms with Crippen LogP contribution in [0.1, 0.15) is 23.1 Å². The molecule has 0 atom stereocenters. The summed E-state index contributed by atoms with van der Waals surface area (Å²) in [5, 5.41) is 0. The maximum absolute atomic E-state index is 9.81. The predicted molar refractivity (Wildman–Crippen MR) is 28.9 cm³/mol. The zero-order chi connectivity index (χ0) is 4.28. The van der Waals surface area contributed by atoms with Crippen LogP contribution in [-0.4, -0.2) is 43.5 Å². The Morgan fingerprint density at radius 2 is 2.00 bits per heavy atom. The SMILES string of the molecule is CCC(C)=O.[Ca+2].[H-].[H-]. The van der Waals surface area contributed by atoms with Gasteiger partial charge in [-0.1, -0.05) is 6.92 Å². The van der Waals surface area contributed by atoms with E-state index in [9.17, 15) is 4.79 Å². The second-order valence-electron chi connectivity index (χ2n) is 1.06. The van der Waals surface area contributed by atoms with E-state index >= 15 is 0 Å². The molecular weight excluding hydrogens is 104 g/mol. The van der Waals surface area contributed by atoms with E-state index in [1.54, 1.807) is 6.92 Å². The standard InChI is InChI=1S/C4H8O.Ca.2H/c1-3-4(2)5;;;/h3H2,1-2H3;;;/q;+2;2*-1. The van der Waals surface area contributed by atoms with E-state index in [0.29, 0.717) is 6.42 Å². The molecule has 2 heteroatoms. The summed E-state index contributed by atoms with van der Waals surface area (Å²) in [5.41, 5.74) is 0. The second kappa shape index (κ2) is 5.93. The number of Topliss-reactive ketones (excluding diaryl/α,β-unsaturated/α-hetero) is 1. The molecule has 0 spiro atoms. The van der Waals surface area contributed by atoms with Gasteiger partial charge in [0.25, 0.3) is 0 Å². The molecule has 0 bridgehead atoms. The van der Waals surface area contributed by atoms with Gasteiger partial charge in [-0.2, -0.15) is 0 Å². The minimum absolute atomic E-state index is 0. The van der Waals surface area contributed by atoms with Crippen LogP contribution in [0.5, 0.6) is 0 Å². The number of rotatable bonds is 1. The minimum Gasteiger partial charge on any atom is -1.00 e. The quantitative estimate of drug-likeness (QED) is 0.461. The Hall–Kier alpha value is 0.930. The number of carbonyl (C=O) groups is 1. The molecular formula is C4H10CaO. The minimum atomic E-state index is 0. The van der Waals surface area contributed by atoms with Gasteiger partial charge in [-0.25, -0.2) is 0 Å². The molecule has 0 fully saturated rings. The van der Waals surface area contributed by atoms with E-state index in [0.717, 1.165) is 0 Å². The Labute approximate surface area is 71.1 Å². The molecule has 34 valence electrons. The number of hydrogen-bond acceptors (Lipinski definition) is 1. The van der Waals surface area contributed by atoms with Crippen molar-refractivity contribution in [1.29, 1.82) is 0 Å². The molecule has 0 saturated carbocycles. The van der Waals surface area contributed by atoms with Crippen LogP contribution in [0.15, 0.2) is 0 Å². The number of carbonyl (C=O) groups excluding carboxylic acids is 1. The van der Waals surface area contributed by atoms with Crippen LogP contribution < -0.4 is 0 Å². The fourth-order valence-corrected chi connectivity index (χ4v) is 0. The van der Waals surface area contributed by atoms with Crippen molar-refractivity contribution in [3.8, 4) is 0 Å². The van der Waals surface area contributed by atoms with Crippen LogP contribution >= 0.6 is 0 Å². The zero-order valence-corrected chi connectivity index (χ0v) is 6.53. The van der Waals surface area contributed by atoms with Gasteiger partial charge in [0.1, 0.15) is 5.78 Å². The van der Waals surface area contributed by atoms with Crippen LogP contribution in [0.4, 0.5) is 0 Å². The van der Waals surface area contributed by atoms with Gasteiger partial charge in [0, 0.05) is 6.42 Å². The Bertz CT molecular complexity index is 49.3. The normalized spacial score (nSPS) is 6.33. The molecule has 0 aromatic carbocycles. The van der Waals surface area contributed by atoms with Crippen LogP contribution in [0, 0.1) is 0 Å². The van der Waals surface area contributed by atoms with Crippen molar-refractivity contribution in [3.05, 3.63) is 0 Å². The third-order valence-corrected chi connectivity index (χ3v) is 0.498. The van der Waals surface area contributed by atoms with Crippen molar-refractivity contribution in [1.82, 2.24) is 0 Å². The summed E-state index contributed by atoms with van der Waals surface area (Å²) in [6.45, 7) is 3.43. The molecule has 0 unspecified atom stereocenters. The summed E-state index contributed by atoms with van der Waals surface area (Å²) < 4.78 is 0. The third kappa shape index (κ3) is 8.87. The summed E-state index contributed by atoms with van der Waals surface area (Å²) in [4.78, 5) is 9.81. The molecule has 0 rings (SSSR count). The molecule has 0 aliphatic carbocycles. The van der Waals surface area contributed by atoms with Gasteiger partial charge in [-0.3, -0.25) is 0 Å². The van der Waals surface area contributed by atoms with Gasteiger partial charge in [-0.05, 0) is 6.92 Å². The van der Waals surface area contributed by atoms with E-state index in [1.165, 1.54) is 0 Å². The molecule has 0 radical (unpaired) electrons. The average Bonchev–Trinajstić information content (AvgIpc) is 1.38. The number of hydrogen-bond donors (Lipinski definition) is 0. The van der Waals surface area contributed by atoms with Gasteiger partial charge in [-0.15, -0.1) is 0 Å². The van der Waals surface area contributed by atoms with Crippen molar-refractivity contribution < 1.29 is 7.65 Å². The maximum Gasteiger partial charge on any atom is 2.00 e. The summed E-state index contributed by atoms with van der Waals surface area (Å²) in [6, 6.07) is 0. The topological polar surface area (TPSA) is 17.1 Å². The summed E-state index contributed by atoms with van der Waals surface area (Å²) in [7, 11) is 0.